The second kappa shape index (κ2) is 9.61. The Kier molecular flexibility index (Phi) is 6.47. The molecule has 0 spiro atoms. The summed E-state index contributed by atoms with van der Waals surface area (Å²) < 4.78 is 6.92. The molecule has 0 aliphatic rings. The van der Waals surface area contributed by atoms with E-state index in [0.717, 1.165) is 37.0 Å². The van der Waals surface area contributed by atoms with Crippen LogP contribution in [0.5, 0.6) is 5.75 Å². The molecule has 0 aliphatic heterocycles. The Morgan fingerprint density at radius 3 is 2.47 bits per heavy atom. The van der Waals surface area contributed by atoms with Crippen molar-refractivity contribution >= 4 is 50.3 Å². The number of para-hydroxylation sites is 1. The van der Waals surface area contributed by atoms with Crippen LogP contribution >= 0.6 is 23.1 Å². The van der Waals surface area contributed by atoms with Crippen LogP contribution < -0.4 is 4.74 Å². The molecule has 0 saturated carbocycles. The molecule has 0 bridgehead atoms. The number of carbonyl (C=O) groups is 1. The number of hydrogen-bond acceptors (Lipinski definition) is 5. The van der Waals surface area contributed by atoms with Crippen LogP contribution in [0.25, 0.3) is 21.2 Å². The third kappa shape index (κ3) is 5.28. The zero-order valence-electron chi connectivity index (χ0n) is 16.0. The molecule has 0 radical (unpaired) electrons. The van der Waals surface area contributed by atoms with Crippen LogP contribution in [-0.4, -0.2) is 21.8 Å². The Labute approximate surface area is 182 Å². The highest BCUT2D eigenvalue weighted by Gasteiger charge is 2.12. The SMILES string of the molecule is O=C(O)CS/C(=C\c1ccc(OCc2ccccc2)cc1)c1nc2ccccc2s1. The molecule has 30 heavy (non-hydrogen) atoms. The number of aliphatic carboxylic acids is 1. The summed E-state index contributed by atoms with van der Waals surface area (Å²) in [7, 11) is 0. The lowest BCUT2D eigenvalue weighted by Crippen LogP contribution is -1.98. The fraction of sp³-hybridized carbons (Fsp3) is 0.0833. The number of rotatable bonds is 8. The minimum atomic E-state index is -0.850. The normalized spacial score (nSPS) is 11.5. The molecule has 150 valence electrons. The fourth-order valence-electron chi connectivity index (χ4n) is 2.83. The predicted octanol–water partition coefficient (Wildman–Crippen LogP) is 6.19. The van der Waals surface area contributed by atoms with Gasteiger partial charge >= 0.3 is 5.97 Å². The summed E-state index contributed by atoms with van der Waals surface area (Å²) in [6.45, 7) is 0.515. The van der Waals surface area contributed by atoms with E-state index >= 15 is 0 Å². The van der Waals surface area contributed by atoms with Gasteiger partial charge in [-0.15, -0.1) is 23.1 Å². The number of carboxylic acid groups (broad SMARTS) is 1. The Balaban J connectivity index is 1.54. The minimum absolute atomic E-state index is 0.0139. The van der Waals surface area contributed by atoms with Gasteiger partial charge in [0.25, 0.3) is 0 Å². The average molecular weight is 434 g/mol. The van der Waals surface area contributed by atoms with Crippen molar-refractivity contribution in [3.8, 4) is 5.75 Å². The van der Waals surface area contributed by atoms with E-state index in [1.165, 1.54) is 11.8 Å². The van der Waals surface area contributed by atoms with Crippen molar-refractivity contribution in [2.75, 3.05) is 5.75 Å². The summed E-state index contributed by atoms with van der Waals surface area (Å²) in [5.74, 6) is -0.0765. The molecular formula is C24H19NO3S2. The molecule has 4 rings (SSSR count). The van der Waals surface area contributed by atoms with Crippen molar-refractivity contribution < 1.29 is 14.6 Å². The molecule has 1 aromatic heterocycles. The lowest BCUT2D eigenvalue weighted by Gasteiger charge is -2.07. The van der Waals surface area contributed by atoms with Crippen molar-refractivity contribution in [2.45, 2.75) is 6.61 Å². The van der Waals surface area contributed by atoms with Crippen molar-refractivity contribution in [2.24, 2.45) is 0 Å². The average Bonchev–Trinajstić information content (AvgIpc) is 3.21. The molecule has 0 fully saturated rings. The minimum Gasteiger partial charge on any atom is -0.489 e. The maximum Gasteiger partial charge on any atom is 0.313 e. The molecule has 4 nitrogen and oxygen atoms in total. The van der Waals surface area contributed by atoms with E-state index in [1.807, 2.05) is 84.9 Å². The van der Waals surface area contributed by atoms with Gasteiger partial charge in [0, 0.05) is 4.91 Å². The van der Waals surface area contributed by atoms with Gasteiger partial charge < -0.3 is 9.84 Å². The maximum atomic E-state index is 11.1. The maximum absolute atomic E-state index is 11.1. The zero-order chi connectivity index (χ0) is 20.8. The number of ether oxygens (including phenoxy) is 1. The van der Waals surface area contributed by atoms with Gasteiger partial charge in [0.15, 0.2) is 0 Å². The number of benzene rings is 3. The number of thiazole rings is 1. The van der Waals surface area contributed by atoms with Crippen LogP contribution in [-0.2, 0) is 11.4 Å². The molecule has 1 heterocycles. The molecule has 0 amide bonds. The molecular weight excluding hydrogens is 414 g/mol. The summed E-state index contributed by atoms with van der Waals surface area (Å²) >= 11 is 2.85. The highest BCUT2D eigenvalue weighted by Crippen LogP contribution is 2.35. The third-order valence-electron chi connectivity index (χ3n) is 4.28. The Bertz CT molecular complexity index is 1140. The summed E-state index contributed by atoms with van der Waals surface area (Å²) in [6, 6.07) is 25.7. The summed E-state index contributed by atoms with van der Waals surface area (Å²) in [6.07, 6.45) is 1.98. The summed E-state index contributed by atoms with van der Waals surface area (Å²) in [5, 5.41) is 9.95. The molecule has 1 N–H and O–H groups in total. The van der Waals surface area contributed by atoms with Crippen LogP contribution in [0.15, 0.2) is 78.9 Å². The van der Waals surface area contributed by atoms with Gasteiger partial charge in [0.1, 0.15) is 17.4 Å². The summed E-state index contributed by atoms with van der Waals surface area (Å²) in [4.78, 5) is 16.6. The van der Waals surface area contributed by atoms with Gasteiger partial charge in [-0.1, -0.05) is 54.6 Å². The monoisotopic (exact) mass is 433 g/mol. The Hall–Kier alpha value is -3.09. The number of hydrogen-bond donors (Lipinski definition) is 1. The molecule has 0 saturated heterocycles. The number of thioether (sulfide) groups is 1. The highest BCUT2D eigenvalue weighted by molar-refractivity contribution is 8.09. The molecule has 0 aliphatic carbocycles. The second-order valence-electron chi connectivity index (χ2n) is 6.52. The molecule has 4 aromatic rings. The first-order valence-electron chi connectivity index (χ1n) is 9.36. The smallest absolute Gasteiger partial charge is 0.313 e. The van der Waals surface area contributed by atoms with Crippen LogP contribution in [0.3, 0.4) is 0 Å². The van der Waals surface area contributed by atoms with Crippen LogP contribution in [0, 0.1) is 0 Å². The highest BCUT2D eigenvalue weighted by atomic mass is 32.2. The van der Waals surface area contributed by atoms with Crippen molar-refractivity contribution in [1.29, 1.82) is 0 Å². The number of nitrogens with zero attached hydrogens (tertiary/aromatic N) is 1. The Morgan fingerprint density at radius 2 is 1.73 bits per heavy atom. The quantitative estimate of drug-likeness (QED) is 0.359. The van der Waals surface area contributed by atoms with Crippen LogP contribution in [0.1, 0.15) is 16.1 Å². The van der Waals surface area contributed by atoms with Crippen molar-refractivity contribution in [3.63, 3.8) is 0 Å². The van der Waals surface area contributed by atoms with E-state index in [-0.39, 0.29) is 5.75 Å². The number of carboxylic acids is 1. The molecule has 0 atom stereocenters. The van der Waals surface area contributed by atoms with E-state index in [1.54, 1.807) is 11.3 Å². The fourth-order valence-corrected chi connectivity index (χ4v) is 4.68. The third-order valence-corrected chi connectivity index (χ3v) is 6.49. The first kappa shape index (κ1) is 20.2. The van der Waals surface area contributed by atoms with E-state index < -0.39 is 5.97 Å². The lowest BCUT2D eigenvalue weighted by molar-refractivity contribution is -0.133. The molecule has 6 heteroatoms. The predicted molar refractivity (Wildman–Crippen MR) is 125 cm³/mol. The number of aromatic nitrogens is 1. The molecule has 3 aromatic carbocycles. The van der Waals surface area contributed by atoms with Crippen molar-refractivity contribution in [1.82, 2.24) is 4.98 Å². The van der Waals surface area contributed by atoms with E-state index in [9.17, 15) is 4.79 Å². The summed E-state index contributed by atoms with van der Waals surface area (Å²) in [5.41, 5.74) is 3.00. The first-order valence-corrected chi connectivity index (χ1v) is 11.2. The van der Waals surface area contributed by atoms with Gasteiger partial charge in [-0.3, -0.25) is 4.79 Å². The van der Waals surface area contributed by atoms with Crippen LogP contribution in [0.4, 0.5) is 0 Å². The Morgan fingerprint density at radius 1 is 1.00 bits per heavy atom. The van der Waals surface area contributed by atoms with Gasteiger partial charge in [-0.25, -0.2) is 4.98 Å². The van der Waals surface area contributed by atoms with E-state index in [2.05, 4.69) is 4.98 Å². The van der Waals surface area contributed by atoms with Gasteiger partial charge in [0.05, 0.1) is 16.0 Å². The van der Waals surface area contributed by atoms with E-state index in [4.69, 9.17) is 9.84 Å². The largest absolute Gasteiger partial charge is 0.489 e. The zero-order valence-corrected chi connectivity index (χ0v) is 17.7. The first-order chi connectivity index (χ1) is 14.7. The van der Waals surface area contributed by atoms with Gasteiger partial charge in [-0.05, 0) is 41.5 Å². The van der Waals surface area contributed by atoms with E-state index in [0.29, 0.717) is 6.61 Å². The standard InChI is InChI=1S/C24H19NO3S2/c26-23(27)16-29-22(24-25-20-8-4-5-9-21(20)30-24)14-17-10-12-19(13-11-17)28-15-18-6-2-1-3-7-18/h1-14H,15-16H2,(H,26,27)/b22-14-. The van der Waals surface area contributed by atoms with Gasteiger partial charge in [0.2, 0.25) is 0 Å². The number of fused-ring (bicyclic) bond motifs is 1. The molecule has 0 unspecified atom stereocenters. The lowest BCUT2D eigenvalue weighted by atomic mass is 10.2. The second-order valence-corrected chi connectivity index (χ2v) is 8.57. The van der Waals surface area contributed by atoms with Gasteiger partial charge in [-0.2, -0.15) is 0 Å². The van der Waals surface area contributed by atoms with Crippen LogP contribution in [0.2, 0.25) is 0 Å². The topological polar surface area (TPSA) is 59.4 Å². The van der Waals surface area contributed by atoms with Crippen molar-refractivity contribution in [3.05, 3.63) is 95.0 Å².